The van der Waals surface area contributed by atoms with E-state index in [2.05, 4.69) is 0 Å². The summed E-state index contributed by atoms with van der Waals surface area (Å²) in [6, 6.07) is 6.84. The Bertz CT molecular complexity index is 831. The van der Waals surface area contributed by atoms with Crippen LogP contribution in [0.3, 0.4) is 0 Å². The van der Waals surface area contributed by atoms with Crippen LogP contribution in [-0.4, -0.2) is 17.7 Å². The van der Waals surface area contributed by atoms with Crippen molar-refractivity contribution in [2.24, 2.45) is 5.92 Å². The normalized spacial score (nSPS) is 19.0. The second kappa shape index (κ2) is 5.96. The lowest BCUT2D eigenvalue weighted by Gasteiger charge is -2.39. The van der Waals surface area contributed by atoms with Crippen LogP contribution >= 0.6 is 0 Å². The first-order valence-electron chi connectivity index (χ1n) is 8.20. The van der Waals surface area contributed by atoms with Gasteiger partial charge in [-0.15, -0.1) is 0 Å². The lowest BCUT2D eigenvalue weighted by Crippen LogP contribution is -2.49. The molecule has 0 spiro atoms. The zero-order valence-corrected chi connectivity index (χ0v) is 14.4. The van der Waals surface area contributed by atoms with Crippen molar-refractivity contribution >= 4 is 16.9 Å². The van der Waals surface area contributed by atoms with Gasteiger partial charge in [0.05, 0.1) is 0 Å². The molecule has 0 unspecified atom stereocenters. The van der Waals surface area contributed by atoms with E-state index in [-0.39, 0.29) is 11.9 Å². The number of hydrogen-bond donors (Lipinski definition) is 0. The summed E-state index contributed by atoms with van der Waals surface area (Å²) in [5, 5.41) is 0.823. The highest BCUT2D eigenvalue weighted by atomic mass is 16.6. The summed E-state index contributed by atoms with van der Waals surface area (Å²) in [5.74, 6) is 0.658. The van der Waals surface area contributed by atoms with Crippen molar-refractivity contribution in [1.82, 2.24) is 0 Å². The number of fused-ring (bicyclic) bond motifs is 3. The standard InChI is InChI=1S/C19H22O5/c1-11(2)9-17(21)22-15-10-13-14(24-19(15,3)4)7-5-12-6-8-16(20)23-18(12)13/h5-8,11,15H,9-10H2,1-4H3/t15-/m1/s1. The number of hydrogen-bond acceptors (Lipinski definition) is 5. The molecule has 24 heavy (non-hydrogen) atoms. The topological polar surface area (TPSA) is 65.7 Å². The van der Waals surface area contributed by atoms with Gasteiger partial charge >= 0.3 is 11.6 Å². The van der Waals surface area contributed by atoms with E-state index in [0.717, 1.165) is 10.9 Å². The van der Waals surface area contributed by atoms with Crippen LogP contribution in [0.4, 0.5) is 0 Å². The third-order valence-electron chi connectivity index (χ3n) is 4.24. The second-order valence-corrected chi connectivity index (χ2v) is 7.20. The Morgan fingerprint density at radius 2 is 2.00 bits per heavy atom. The molecule has 3 rings (SSSR count). The summed E-state index contributed by atoms with van der Waals surface area (Å²) in [5.41, 5.74) is 0.212. The molecule has 0 bridgehead atoms. The van der Waals surface area contributed by atoms with Crippen LogP contribution in [0.5, 0.6) is 5.75 Å². The van der Waals surface area contributed by atoms with Crippen molar-refractivity contribution in [2.45, 2.75) is 52.2 Å². The lowest BCUT2D eigenvalue weighted by molar-refractivity contribution is -0.162. The highest BCUT2D eigenvalue weighted by Gasteiger charge is 2.40. The van der Waals surface area contributed by atoms with Gasteiger partial charge in [-0.05, 0) is 38.0 Å². The number of benzene rings is 1. The zero-order chi connectivity index (χ0) is 17.5. The van der Waals surface area contributed by atoms with E-state index in [1.54, 1.807) is 6.07 Å². The van der Waals surface area contributed by atoms with Gasteiger partial charge in [0.2, 0.25) is 0 Å². The van der Waals surface area contributed by atoms with Gasteiger partial charge in [0.15, 0.2) is 0 Å². The monoisotopic (exact) mass is 330 g/mol. The van der Waals surface area contributed by atoms with Crippen molar-refractivity contribution in [3.8, 4) is 5.75 Å². The Morgan fingerprint density at radius 3 is 2.71 bits per heavy atom. The SMILES string of the molecule is CC(C)CC(=O)O[C@@H]1Cc2c(ccc3ccc(=O)oc23)OC1(C)C. The summed E-state index contributed by atoms with van der Waals surface area (Å²) >= 11 is 0. The van der Waals surface area contributed by atoms with Crippen molar-refractivity contribution < 1.29 is 18.7 Å². The minimum atomic E-state index is -0.650. The fourth-order valence-electron chi connectivity index (χ4n) is 2.96. The van der Waals surface area contributed by atoms with Crippen LogP contribution in [0.15, 0.2) is 33.5 Å². The lowest BCUT2D eigenvalue weighted by atomic mass is 9.90. The maximum atomic E-state index is 12.1. The highest BCUT2D eigenvalue weighted by molar-refractivity contribution is 5.82. The Labute approximate surface area is 140 Å². The molecular weight excluding hydrogens is 308 g/mol. The molecule has 1 atom stereocenters. The van der Waals surface area contributed by atoms with Gasteiger partial charge in [-0.1, -0.05) is 13.8 Å². The van der Waals surface area contributed by atoms with Gasteiger partial charge in [0, 0.05) is 29.9 Å². The van der Waals surface area contributed by atoms with Crippen LogP contribution < -0.4 is 10.4 Å². The van der Waals surface area contributed by atoms with E-state index in [1.165, 1.54) is 6.07 Å². The first kappa shape index (κ1) is 16.6. The van der Waals surface area contributed by atoms with Crippen LogP contribution in [0.1, 0.15) is 39.7 Å². The molecule has 1 aliphatic rings. The fourth-order valence-corrected chi connectivity index (χ4v) is 2.96. The van der Waals surface area contributed by atoms with E-state index < -0.39 is 17.3 Å². The van der Waals surface area contributed by atoms with Crippen molar-refractivity contribution in [3.05, 3.63) is 40.2 Å². The molecule has 0 fully saturated rings. The maximum Gasteiger partial charge on any atom is 0.336 e. The van der Waals surface area contributed by atoms with Crippen molar-refractivity contribution in [2.75, 3.05) is 0 Å². The molecule has 5 nitrogen and oxygen atoms in total. The summed E-state index contributed by atoms with van der Waals surface area (Å²) in [6.07, 6.45) is 0.382. The van der Waals surface area contributed by atoms with Gasteiger partial charge in [0.25, 0.3) is 0 Å². The molecule has 0 radical (unpaired) electrons. The minimum absolute atomic E-state index is 0.233. The molecule has 5 heteroatoms. The van der Waals surface area contributed by atoms with E-state index in [0.29, 0.717) is 24.2 Å². The van der Waals surface area contributed by atoms with Crippen molar-refractivity contribution in [3.63, 3.8) is 0 Å². The summed E-state index contributed by atoms with van der Waals surface area (Å²) in [4.78, 5) is 23.7. The highest BCUT2D eigenvalue weighted by Crippen LogP contribution is 2.38. The third kappa shape index (κ3) is 3.16. The first-order valence-corrected chi connectivity index (χ1v) is 8.20. The second-order valence-electron chi connectivity index (χ2n) is 7.20. The molecule has 1 aromatic heterocycles. The largest absolute Gasteiger partial charge is 0.484 e. The van der Waals surface area contributed by atoms with Gasteiger partial charge < -0.3 is 13.9 Å². The van der Waals surface area contributed by atoms with Gasteiger partial charge in [-0.3, -0.25) is 4.79 Å². The molecule has 1 aromatic carbocycles. The Hall–Kier alpha value is -2.30. The Kier molecular flexibility index (Phi) is 4.11. The molecule has 1 aliphatic heterocycles. The van der Waals surface area contributed by atoms with E-state index in [1.807, 2.05) is 39.8 Å². The Morgan fingerprint density at radius 1 is 1.29 bits per heavy atom. The molecule has 0 amide bonds. The van der Waals surface area contributed by atoms with Gasteiger partial charge in [-0.25, -0.2) is 4.79 Å². The molecule has 2 heterocycles. The van der Waals surface area contributed by atoms with E-state index in [4.69, 9.17) is 13.9 Å². The van der Waals surface area contributed by atoms with Crippen molar-refractivity contribution in [1.29, 1.82) is 0 Å². The van der Waals surface area contributed by atoms with Gasteiger partial charge in [-0.2, -0.15) is 0 Å². The van der Waals surface area contributed by atoms with Gasteiger partial charge in [0.1, 0.15) is 23.0 Å². The summed E-state index contributed by atoms with van der Waals surface area (Å²) in [7, 11) is 0. The smallest absolute Gasteiger partial charge is 0.336 e. The number of esters is 1. The molecule has 2 aromatic rings. The zero-order valence-electron chi connectivity index (χ0n) is 14.4. The maximum absolute atomic E-state index is 12.1. The third-order valence-corrected chi connectivity index (χ3v) is 4.24. The molecular formula is C19H22O5. The predicted octanol–water partition coefficient (Wildman–Crippen LogP) is 3.46. The van der Waals surface area contributed by atoms with Crippen LogP contribution in [-0.2, 0) is 16.0 Å². The number of ether oxygens (including phenoxy) is 2. The number of carbonyl (C=O) groups excluding carboxylic acids is 1. The molecule has 0 saturated carbocycles. The van der Waals surface area contributed by atoms with Crippen LogP contribution in [0, 0.1) is 5.92 Å². The number of carbonyl (C=O) groups is 1. The molecule has 0 aliphatic carbocycles. The quantitative estimate of drug-likeness (QED) is 0.637. The fraction of sp³-hybridized carbons (Fsp3) is 0.474. The average Bonchev–Trinajstić information content (AvgIpc) is 2.46. The first-order chi connectivity index (χ1) is 11.3. The minimum Gasteiger partial charge on any atom is -0.484 e. The average molecular weight is 330 g/mol. The summed E-state index contributed by atoms with van der Waals surface area (Å²) in [6.45, 7) is 7.74. The molecule has 0 N–H and O–H groups in total. The van der Waals surface area contributed by atoms with Crippen LogP contribution in [0.2, 0.25) is 0 Å². The predicted molar refractivity (Wildman–Crippen MR) is 90.2 cm³/mol. The van der Waals surface area contributed by atoms with E-state index >= 15 is 0 Å². The molecule has 0 saturated heterocycles. The Balaban J connectivity index is 1.98. The molecule has 128 valence electrons. The van der Waals surface area contributed by atoms with Crippen LogP contribution in [0.25, 0.3) is 11.0 Å². The van der Waals surface area contributed by atoms with E-state index in [9.17, 15) is 9.59 Å². The summed E-state index contributed by atoms with van der Waals surface area (Å²) < 4.78 is 17.1. The number of rotatable bonds is 3.